The Kier molecular flexibility index (Phi) is 2.36. The number of nitrogens with two attached hydrogens (primary N) is 1. The summed E-state index contributed by atoms with van der Waals surface area (Å²) in [6, 6.07) is 1.31. The quantitative estimate of drug-likeness (QED) is 0.639. The summed E-state index contributed by atoms with van der Waals surface area (Å²) in [7, 11) is 0. The molecule has 1 aromatic rings. The van der Waals surface area contributed by atoms with Crippen LogP contribution in [0.4, 0.5) is 0 Å². The Morgan fingerprint density at radius 1 is 1.91 bits per heavy atom. The van der Waals surface area contributed by atoms with E-state index in [0.717, 1.165) is 11.7 Å². The van der Waals surface area contributed by atoms with E-state index in [9.17, 15) is 4.79 Å². The van der Waals surface area contributed by atoms with Crippen LogP contribution in [0.2, 0.25) is 0 Å². The molecule has 5 nitrogen and oxygen atoms in total. The smallest absolute Gasteiger partial charge is 0.282 e. The van der Waals surface area contributed by atoms with Gasteiger partial charge in [-0.25, -0.2) is 0 Å². The van der Waals surface area contributed by atoms with E-state index in [1.165, 1.54) is 0 Å². The van der Waals surface area contributed by atoms with E-state index in [4.69, 9.17) is 11.0 Å². The molecule has 0 aliphatic heterocycles. The highest BCUT2D eigenvalue weighted by atomic mass is 32.1. The van der Waals surface area contributed by atoms with E-state index in [2.05, 4.69) is 8.75 Å². The maximum atomic E-state index is 10.8. The van der Waals surface area contributed by atoms with Crippen LogP contribution < -0.4 is 11.3 Å². The molecule has 0 amide bonds. The Morgan fingerprint density at radius 2 is 2.64 bits per heavy atom. The Hall–Kier alpha value is -1.19. The molecule has 0 spiro atoms. The van der Waals surface area contributed by atoms with Crippen molar-refractivity contribution < 1.29 is 0 Å². The summed E-state index contributed by atoms with van der Waals surface area (Å²) < 4.78 is 6.13. The van der Waals surface area contributed by atoms with Gasteiger partial charge in [0.2, 0.25) is 0 Å². The van der Waals surface area contributed by atoms with Crippen molar-refractivity contribution in [3.8, 4) is 6.07 Å². The van der Waals surface area contributed by atoms with Gasteiger partial charge in [-0.1, -0.05) is 0 Å². The highest BCUT2D eigenvalue weighted by Crippen LogP contribution is 2.05. The van der Waals surface area contributed by atoms with Crippen LogP contribution in [0.25, 0.3) is 0 Å². The van der Waals surface area contributed by atoms with E-state index in [1.807, 2.05) is 6.07 Å². The predicted octanol–water partition coefficient (Wildman–Crippen LogP) is -0.255. The predicted molar refractivity (Wildman–Crippen MR) is 39.9 cm³/mol. The van der Waals surface area contributed by atoms with Gasteiger partial charge in [0.15, 0.2) is 0 Å². The summed E-state index contributed by atoms with van der Waals surface area (Å²) in [6.45, 7) is 0. The van der Waals surface area contributed by atoms with E-state index in [0.29, 0.717) is 0 Å². The van der Waals surface area contributed by atoms with Gasteiger partial charge in [-0.15, -0.1) is 0 Å². The molecule has 58 valence electrons. The van der Waals surface area contributed by atoms with Crippen LogP contribution in [0.3, 0.4) is 0 Å². The zero-order valence-corrected chi connectivity index (χ0v) is 6.39. The second kappa shape index (κ2) is 3.27. The summed E-state index contributed by atoms with van der Waals surface area (Å²) in [5, 5.41) is 8.26. The number of rotatable bonds is 2. The average Bonchev–Trinajstić information content (AvgIpc) is 2.36. The van der Waals surface area contributed by atoms with Crippen molar-refractivity contribution >= 4 is 11.7 Å². The van der Waals surface area contributed by atoms with E-state index >= 15 is 0 Å². The first-order valence-electron chi connectivity index (χ1n) is 2.92. The van der Waals surface area contributed by atoms with Gasteiger partial charge in [-0.05, 0) is 0 Å². The fourth-order valence-electron chi connectivity index (χ4n) is 0.638. The Labute approximate surface area is 66.8 Å². The zero-order valence-electron chi connectivity index (χ0n) is 5.57. The molecule has 0 aliphatic carbocycles. The molecule has 1 atom stereocenters. The van der Waals surface area contributed by atoms with Crippen LogP contribution in [-0.2, 0) is 0 Å². The lowest BCUT2D eigenvalue weighted by Gasteiger charge is -1.98. The highest BCUT2D eigenvalue weighted by Gasteiger charge is 2.11. The van der Waals surface area contributed by atoms with Crippen LogP contribution in [0.15, 0.2) is 4.79 Å². The van der Waals surface area contributed by atoms with Crippen molar-refractivity contribution in [3.05, 3.63) is 16.0 Å². The molecule has 0 bridgehead atoms. The molecule has 1 heterocycles. The van der Waals surface area contributed by atoms with Crippen LogP contribution in [-0.4, -0.2) is 8.75 Å². The number of aromatic nitrogens is 2. The standard InChI is InChI=1S/C5H6N4OS/c6-2-1-3(7)4-5(10)9-11-8-4/h3H,1,7H2,(H,9,10)/t3-/m1/s1. The molecular weight excluding hydrogens is 164 g/mol. The maximum absolute atomic E-state index is 10.8. The third kappa shape index (κ3) is 1.63. The monoisotopic (exact) mass is 170 g/mol. The molecular formula is C5H6N4OS. The number of nitrogens with one attached hydrogen (secondary N) is 1. The Balaban J connectivity index is 2.86. The van der Waals surface area contributed by atoms with Crippen molar-refractivity contribution in [1.29, 1.82) is 5.26 Å². The highest BCUT2D eigenvalue weighted by molar-refractivity contribution is 6.99. The van der Waals surface area contributed by atoms with E-state index < -0.39 is 6.04 Å². The van der Waals surface area contributed by atoms with Crippen LogP contribution in [0.1, 0.15) is 18.2 Å². The SMILES string of the molecule is N#CC[C@@H](N)c1ns[nH]c1=O. The first-order valence-corrected chi connectivity index (χ1v) is 3.70. The minimum atomic E-state index is -0.560. The average molecular weight is 170 g/mol. The maximum Gasteiger partial charge on any atom is 0.282 e. The Morgan fingerprint density at radius 3 is 3.09 bits per heavy atom. The van der Waals surface area contributed by atoms with Gasteiger partial charge in [-0.2, -0.15) is 9.64 Å². The fourth-order valence-corrected chi connectivity index (χ4v) is 1.19. The van der Waals surface area contributed by atoms with Gasteiger partial charge in [0.1, 0.15) is 5.69 Å². The minimum Gasteiger partial charge on any atom is -0.322 e. The summed E-state index contributed by atoms with van der Waals surface area (Å²) >= 11 is 0.943. The molecule has 0 radical (unpaired) electrons. The van der Waals surface area contributed by atoms with E-state index in [-0.39, 0.29) is 17.7 Å². The summed E-state index contributed by atoms with van der Waals surface area (Å²) in [5.41, 5.74) is 5.41. The first-order chi connectivity index (χ1) is 5.25. The summed E-state index contributed by atoms with van der Waals surface area (Å²) in [5.74, 6) is 0. The van der Waals surface area contributed by atoms with E-state index in [1.54, 1.807) is 0 Å². The lowest BCUT2D eigenvalue weighted by atomic mass is 10.2. The largest absolute Gasteiger partial charge is 0.322 e. The van der Waals surface area contributed by atoms with Crippen molar-refractivity contribution in [1.82, 2.24) is 8.75 Å². The number of nitriles is 1. The number of aromatic amines is 1. The fraction of sp³-hybridized carbons (Fsp3) is 0.400. The van der Waals surface area contributed by atoms with Crippen LogP contribution in [0.5, 0.6) is 0 Å². The number of H-pyrrole nitrogens is 1. The molecule has 6 heteroatoms. The number of nitrogens with zero attached hydrogens (tertiary/aromatic N) is 2. The van der Waals surface area contributed by atoms with Gasteiger partial charge in [0, 0.05) is 11.7 Å². The molecule has 11 heavy (non-hydrogen) atoms. The molecule has 0 saturated heterocycles. The van der Waals surface area contributed by atoms with Crippen molar-refractivity contribution in [3.63, 3.8) is 0 Å². The molecule has 0 unspecified atom stereocenters. The first kappa shape index (κ1) is 7.91. The van der Waals surface area contributed by atoms with Gasteiger partial charge in [-0.3, -0.25) is 9.17 Å². The molecule has 0 aromatic carbocycles. The lowest BCUT2D eigenvalue weighted by molar-refractivity contribution is 0.722. The molecule has 0 saturated carbocycles. The summed E-state index contributed by atoms with van der Waals surface area (Å²) in [6.07, 6.45) is 0.118. The molecule has 1 rings (SSSR count). The molecule has 3 N–H and O–H groups in total. The van der Waals surface area contributed by atoms with Crippen LogP contribution in [0, 0.1) is 11.3 Å². The number of hydrogen-bond donors (Lipinski definition) is 2. The lowest BCUT2D eigenvalue weighted by Crippen LogP contribution is -2.18. The second-order valence-electron chi connectivity index (χ2n) is 1.97. The topological polar surface area (TPSA) is 95.6 Å². The van der Waals surface area contributed by atoms with Gasteiger partial charge in [0.25, 0.3) is 5.56 Å². The van der Waals surface area contributed by atoms with Crippen molar-refractivity contribution in [2.45, 2.75) is 12.5 Å². The van der Waals surface area contributed by atoms with Gasteiger partial charge >= 0.3 is 0 Å². The van der Waals surface area contributed by atoms with Crippen LogP contribution >= 0.6 is 11.7 Å². The van der Waals surface area contributed by atoms with Gasteiger partial charge < -0.3 is 5.73 Å². The molecule has 0 fully saturated rings. The summed E-state index contributed by atoms with van der Waals surface area (Å²) in [4.78, 5) is 10.8. The molecule has 0 aliphatic rings. The second-order valence-corrected chi connectivity index (χ2v) is 2.54. The minimum absolute atomic E-state index is 0.118. The Bertz CT molecular complexity index is 322. The number of hydrogen-bond acceptors (Lipinski definition) is 5. The van der Waals surface area contributed by atoms with Crippen molar-refractivity contribution in [2.24, 2.45) is 5.73 Å². The normalized spacial score (nSPS) is 12.4. The third-order valence-corrected chi connectivity index (χ3v) is 1.74. The zero-order chi connectivity index (χ0) is 8.27. The molecule has 1 aromatic heterocycles. The van der Waals surface area contributed by atoms with Gasteiger partial charge in [0.05, 0.1) is 18.5 Å². The third-order valence-electron chi connectivity index (χ3n) is 1.18. The van der Waals surface area contributed by atoms with Crippen molar-refractivity contribution in [2.75, 3.05) is 0 Å².